The van der Waals surface area contributed by atoms with Crippen molar-refractivity contribution in [3.63, 3.8) is 0 Å². The van der Waals surface area contributed by atoms with Gasteiger partial charge >= 0.3 is 0 Å². The summed E-state index contributed by atoms with van der Waals surface area (Å²) >= 11 is 0. The van der Waals surface area contributed by atoms with Crippen LogP contribution < -0.4 is 10.5 Å². The zero-order valence-electron chi connectivity index (χ0n) is 13.1. The van der Waals surface area contributed by atoms with Crippen molar-refractivity contribution < 1.29 is 0 Å². The molecule has 2 aromatic carbocycles. The van der Waals surface area contributed by atoms with E-state index in [1.807, 2.05) is 36.4 Å². The number of hydrogen-bond donors (Lipinski definition) is 1. The summed E-state index contributed by atoms with van der Waals surface area (Å²) in [6.45, 7) is 2.22. The van der Waals surface area contributed by atoms with Crippen LogP contribution >= 0.6 is 0 Å². The van der Waals surface area contributed by atoms with Gasteiger partial charge in [-0.3, -0.25) is 4.79 Å². The number of piperidine rings is 1. The minimum Gasteiger partial charge on any atom is -0.372 e. The maximum Gasteiger partial charge on any atom is 0.256 e. The minimum atomic E-state index is -0.0217. The summed E-state index contributed by atoms with van der Waals surface area (Å²) in [5.41, 5.74) is 3.11. The van der Waals surface area contributed by atoms with Gasteiger partial charge in [-0.1, -0.05) is 30.3 Å². The second-order valence-electron chi connectivity index (χ2n) is 6.20. The molecule has 3 heteroatoms. The Labute approximate surface area is 135 Å². The van der Waals surface area contributed by atoms with Gasteiger partial charge in [-0.05, 0) is 54.5 Å². The largest absolute Gasteiger partial charge is 0.372 e. The van der Waals surface area contributed by atoms with Crippen LogP contribution in [0, 0.1) is 0 Å². The number of nitrogens with zero attached hydrogens (tertiary/aromatic N) is 1. The number of pyridine rings is 1. The first-order valence-electron chi connectivity index (χ1n) is 8.29. The Bertz CT molecular complexity index is 877. The van der Waals surface area contributed by atoms with Crippen LogP contribution in [0.25, 0.3) is 22.0 Å². The van der Waals surface area contributed by atoms with Gasteiger partial charge in [-0.15, -0.1) is 0 Å². The molecule has 1 aromatic heterocycles. The molecule has 0 aliphatic carbocycles. The van der Waals surface area contributed by atoms with E-state index in [0.29, 0.717) is 0 Å². The summed E-state index contributed by atoms with van der Waals surface area (Å²) in [4.78, 5) is 17.8. The topological polar surface area (TPSA) is 36.1 Å². The van der Waals surface area contributed by atoms with Gasteiger partial charge in [0, 0.05) is 29.9 Å². The first kappa shape index (κ1) is 14.1. The third-order valence-corrected chi connectivity index (χ3v) is 4.63. The van der Waals surface area contributed by atoms with Gasteiger partial charge in [0.1, 0.15) is 0 Å². The quantitative estimate of drug-likeness (QED) is 0.771. The number of aromatic amines is 1. The maximum absolute atomic E-state index is 12.4. The van der Waals surface area contributed by atoms with E-state index in [1.54, 1.807) is 0 Å². The Hall–Kier alpha value is -2.55. The summed E-state index contributed by atoms with van der Waals surface area (Å²) < 4.78 is 0. The number of aromatic nitrogens is 1. The lowest BCUT2D eigenvalue weighted by atomic mass is 10.1. The highest BCUT2D eigenvalue weighted by Gasteiger charge is 2.12. The van der Waals surface area contributed by atoms with Crippen molar-refractivity contribution in [2.45, 2.75) is 19.3 Å². The third kappa shape index (κ3) is 2.74. The highest BCUT2D eigenvalue weighted by molar-refractivity contribution is 5.88. The molecule has 1 N–H and O–H groups in total. The van der Waals surface area contributed by atoms with Crippen molar-refractivity contribution in [1.29, 1.82) is 0 Å². The lowest BCUT2D eigenvalue weighted by Gasteiger charge is -2.29. The normalized spacial score (nSPS) is 15.0. The van der Waals surface area contributed by atoms with Crippen molar-refractivity contribution in [2.75, 3.05) is 18.0 Å². The van der Waals surface area contributed by atoms with Crippen LogP contribution in [0.2, 0.25) is 0 Å². The van der Waals surface area contributed by atoms with Gasteiger partial charge in [-0.2, -0.15) is 0 Å². The van der Waals surface area contributed by atoms with Gasteiger partial charge < -0.3 is 9.88 Å². The molecule has 0 bridgehead atoms. The molecule has 0 spiro atoms. The van der Waals surface area contributed by atoms with Crippen LogP contribution in [0.4, 0.5) is 5.69 Å². The fourth-order valence-electron chi connectivity index (χ4n) is 3.38. The number of fused-ring (bicyclic) bond motifs is 1. The Morgan fingerprint density at radius 3 is 2.43 bits per heavy atom. The molecule has 1 fully saturated rings. The average Bonchev–Trinajstić information content (AvgIpc) is 2.63. The molecule has 0 unspecified atom stereocenters. The summed E-state index contributed by atoms with van der Waals surface area (Å²) in [6, 6.07) is 18.3. The van der Waals surface area contributed by atoms with E-state index in [1.165, 1.54) is 24.9 Å². The first-order valence-corrected chi connectivity index (χ1v) is 8.29. The summed E-state index contributed by atoms with van der Waals surface area (Å²) in [5.74, 6) is 0. The second-order valence-corrected chi connectivity index (χ2v) is 6.20. The van der Waals surface area contributed by atoms with Gasteiger partial charge in [0.05, 0.1) is 0 Å². The molecule has 23 heavy (non-hydrogen) atoms. The molecule has 0 amide bonds. The number of anilines is 1. The van der Waals surface area contributed by atoms with E-state index >= 15 is 0 Å². The van der Waals surface area contributed by atoms with Crippen LogP contribution in [-0.2, 0) is 0 Å². The number of nitrogens with one attached hydrogen (secondary N) is 1. The van der Waals surface area contributed by atoms with E-state index in [-0.39, 0.29) is 5.56 Å². The SMILES string of the molecule is O=c1[nH]c(-c2ccccc2)cc2cc(N3CCCCC3)ccc12. The summed E-state index contributed by atoms with van der Waals surface area (Å²) in [7, 11) is 0. The van der Waals surface area contributed by atoms with E-state index < -0.39 is 0 Å². The summed E-state index contributed by atoms with van der Waals surface area (Å²) in [6.07, 6.45) is 3.83. The average molecular weight is 304 g/mol. The van der Waals surface area contributed by atoms with Crippen LogP contribution in [0.5, 0.6) is 0 Å². The Kier molecular flexibility index (Phi) is 3.62. The zero-order valence-corrected chi connectivity index (χ0v) is 13.1. The molecule has 1 aliphatic heterocycles. The first-order chi connectivity index (χ1) is 11.3. The van der Waals surface area contributed by atoms with Crippen LogP contribution in [0.3, 0.4) is 0 Å². The number of H-pyrrole nitrogens is 1. The van der Waals surface area contributed by atoms with Gasteiger partial charge in [0.25, 0.3) is 5.56 Å². The molecule has 0 saturated carbocycles. The molecule has 4 rings (SSSR count). The number of hydrogen-bond acceptors (Lipinski definition) is 2. The molecular weight excluding hydrogens is 284 g/mol. The molecule has 1 saturated heterocycles. The van der Waals surface area contributed by atoms with Gasteiger partial charge in [0.2, 0.25) is 0 Å². The fourth-order valence-corrected chi connectivity index (χ4v) is 3.38. The Balaban J connectivity index is 1.81. The van der Waals surface area contributed by atoms with E-state index in [2.05, 4.69) is 28.1 Å². The highest BCUT2D eigenvalue weighted by atomic mass is 16.1. The molecule has 1 aliphatic rings. The molecule has 0 radical (unpaired) electrons. The lowest BCUT2D eigenvalue weighted by Crippen LogP contribution is -2.29. The number of benzene rings is 2. The Morgan fingerprint density at radius 1 is 0.870 bits per heavy atom. The van der Waals surface area contributed by atoms with Crippen molar-refractivity contribution in [1.82, 2.24) is 4.98 Å². The van der Waals surface area contributed by atoms with Gasteiger partial charge in [0.15, 0.2) is 0 Å². The van der Waals surface area contributed by atoms with Gasteiger partial charge in [-0.25, -0.2) is 0 Å². The predicted octanol–water partition coefficient (Wildman–Crippen LogP) is 4.19. The maximum atomic E-state index is 12.4. The number of rotatable bonds is 2. The van der Waals surface area contributed by atoms with E-state index in [4.69, 9.17) is 0 Å². The molecular formula is C20H20N2O. The van der Waals surface area contributed by atoms with Crippen LogP contribution in [0.1, 0.15) is 19.3 Å². The zero-order chi connectivity index (χ0) is 15.6. The van der Waals surface area contributed by atoms with Crippen LogP contribution in [0.15, 0.2) is 59.4 Å². The molecule has 0 atom stereocenters. The predicted molar refractivity (Wildman–Crippen MR) is 96.1 cm³/mol. The molecule has 116 valence electrons. The molecule has 3 nitrogen and oxygen atoms in total. The van der Waals surface area contributed by atoms with Crippen molar-refractivity contribution in [3.05, 3.63) is 65.0 Å². The second kappa shape index (κ2) is 5.92. The summed E-state index contributed by atoms with van der Waals surface area (Å²) in [5, 5.41) is 1.76. The Morgan fingerprint density at radius 2 is 1.65 bits per heavy atom. The molecule has 3 aromatic rings. The molecule has 2 heterocycles. The monoisotopic (exact) mass is 304 g/mol. The smallest absolute Gasteiger partial charge is 0.256 e. The van der Waals surface area contributed by atoms with Crippen LogP contribution in [-0.4, -0.2) is 18.1 Å². The van der Waals surface area contributed by atoms with E-state index in [9.17, 15) is 4.79 Å². The van der Waals surface area contributed by atoms with Crippen molar-refractivity contribution in [2.24, 2.45) is 0 Å². The highest BCUT2D eigenvalue weighted by Crippen LogP contribution is 2.25. The third-order valence-electron chi connectivity index (χ3n) is 4.63. The minimum absolute atomic E-state index is 0.0217. The van der Waals surface area contributed by atoms with Crippen molar-refractivity contribution >= 4 is 16.5 Å². The van der Waals surface area contributed by atoms with E-state index in [0.717, 1.165) is 35.1 Å². The van der Waals surface area contributed by atoms with Crippen molar-refractivity contribution in [3.8, 4) is 11.3 Å². The standard InChI is InChI=1S/C20H20N2O/c23-20-18-10-9-17(22-11-5-2-6-12-22)13-16(18)14-19(21-20)15-7-3-1-4-8-15/h1,3-4,7-10,13-14H,2,5-6,11-12H2,(H,21,23). The lowest BCUT2D eigenvalue weighted by molar-refractivity contribution is 0.578. The fraction of sp³-hybridized carbons (Fsp3) is 0.250.